The first-order chi connectivity index (χ1) is 9.31. The molecular weight excluding hydrogens is 253 g/mol. The van der Waals surface area contributed by atoms with E-state index >= 15 is 0 Å². The van der Waals surface area contributed by atoms with Crippen LogP contribution in [0.3, 0.4) is 0 Å². The number of nitrogens with two attached hydrogens (primary N) is 1. The zero-order valence-electron chi connectivity index (χ0n) is 12.7. The van der Waals surface area contributed by atoms with E-state index in [9.17, 15) is 9.50 Å². The quantitative estimate of drug-likeness (QED) is 0.892. The second kappa shape index (κ2) is 5.45. The lowest BCUT2D eigenvalue weighted by molar-refractivity contribution is -0.0885. The maximum absolute atomic E-state index is 13.5. The highest BCUT2D eigenvalue weighted by Gasteiger charge is 2.47. The van der Waals surface area contributed by atoms with Crippen molar-refractivity contribution < 1.29 is 9.50 Å². The molecule has 1 aromatic rings. The minimum atomic E-state index is -0.448. The molecule has 0 radical (unpaired) electrons. The predicted molar refractivity (Wildman–Crippen MR) is 80.0 cm³/mol. The Morgan fingerprint density at radius 1 is 1.35 bits per heavy atom. The van der Waals surface area contributed by atoms with Gasteiger partial charge in [-0.25, -0.2) is 4.39 Å². The SMILES string of the molecule is Cc1ccc(F)cc1CC1(CN)CCCC(C)(C)C1O. The monoisotopic (exact) mass is 279 g/mol. The van der Waals surface area contributed by atoms with Crippen molar-refractivity contribution in [1.29, 1.82) is 0 Å². The number of halogens is 1. The van der Waals surface area contributed by atoms with Crippen molar-refractivity contribution in [1.82, 2.24) is 0 Å². The molecule has 3 heteroatoms. The van der Waals surface area contributed by atoms with Crippen LogP contribution in [0.15, 0.2) is 18.2 Å². The maximum Gasteiger partial charge on any atom is 0.123 e. The fraction of sp³-hybridized carbons (Fsp3) is 0.647. The molecule has 0 spiro atoms. The van der Waals surface area contributed by atoms with E-state index in [1.165, 1.54) is 6.07 Å². The molecule has 1 aromatic carbocycles. The summed E-state index contributed by atoms with van der Waals surface area (Å²) in [6.07, 6.45) is 3.19. The maximum atomic E-state index is 13.5. The first-order valence-electron chi connectivity index (χ1n) is 7.44. The zero-order chi connectivity index (χ0) is 15.0. The van der Waals surface area contributed by atoms with Gasteiger partial charge in [0.1, 0.15) is 5.82 Å². The number of hydrogen-bond acceptors (Lipinski definition) is 2. The van der Waals surface area contributed by atoms with E-state index in [0.29, 0.717) is 13.0 Å². The molecule has 1 aliphatic rings. The van der Waals surface area contributed by atoms with E-state index in [0.717, 1.165) is 30.4 Å². The van der Waals surface area contributed by atoms with Gasteiger partial charge in [-0.3, -0.25) is 0 Å². The number of rotatable bonds is 3. The van der Waals surface area contributed by atoms with Gasteiger partial charge in [0, 0.05) is 12.0 Å². The smallest absolute Gasteiger partial charge is 0.123 e. The standard InChI is InChI=1S/C17H26FNO/c1-12-5-6-14(18)9-13(12)10-17(11-19)8-4-7-16(2,3)15(17)20/h5-6,9,15,20H,4,7-8,10-11,19H2,1-3H3. The van der Waals surface area contributed by atoms with Crippen molar-refractivity contribution in [2.24, 2.45) is 16.6 Å². The largest absolute Gasteiger partial charge is 0.392 e. The summed E-state index contributed by atoms with van der Waals surface area (Å²) < 4.78 is 13.5. The molecule has 112 valence electrons. The molecule has 0 heterocycles. The van der Waals surface area contributed by atoms with Gasteiger partial charge < -0.3 is 10.8 Å². The van der Waals surface area contributed by atoms with Crippen LogP contribution in [0.4, 0.5) is 4.39 Å². The average Bonchev–Trinajstić information content (AvgIpc) is 2.39. The minimum absolute atomic E-state index is 0.126. The van der Waals surface area contributed by atoms with Gasteiger partial charge in [-0.1, -0.05) is 26.3 Å². The third-order valence-electron chi connectivity index (χ3n) is 5.08. The molecule has 20 heavy (non-hydrogen) atoms. The Morgan fingerprint density at radius 3 is 2.70 bits per heavy atom. The van der Waals surface area contributed by atoms with Crippen molar-refractivity contribution in [2.75, 3.05) is 6.54 Å². The minimum Gasteiger partial charge on any atom is -0.392 e. The molecule has 0 amide bonds. The van der Waals surface area contributed by atoms with Crippen molar-refractivity contribution in [3.05, 3.63) is 35.1 Å². The van der Waals surface area contributed by atoms with Gasteiger partial charge in [0.25, 0.3) is 0 Å². The van der Waals surface area contributed by atoms with Crippen LogP contribution in [0.5, 0.6) is 0 Å². The molecule has 0 aliphatic heterocycles. The Labute approximate surface area is 121 Å². The van der Waals surface area contributed by atoms with Crippen LogP contribution in [0.2, 0.25) is 0 Å². The number of benzene rings is 1. The third-order valence-corrected chi connectivity index (χ3v) is 5.08. The second-order valence-corrected chi connectivity index (χ2v) is 7.06. The Morgan fingerprint density at radius 2 is 2.05 bits per heavy atom. The molecule has 2 atom stereocenters. The summed E-state index contributed by atoms with van der Waals surface area (Å²) in [5.74, 6) is -0.220. The Hall–Kier alpha value is -0.930. The molecule has 0 bridgehead atoms. The van der Waals surface area contributed by atoms with Crippen LogP contribution in [0.1, 0.15) is 44.2 Å². The fourth-order valence-electron chi connectivity index (χ4n) is 3.68. The molecule has 0 aromatic heterocycles. The molecule has 2 unspecified atom stereocenters. The Balaban J connectivity index is 2.34. The lowest BCUT2D eigenvalue weighted by atomic mass is 9.59. The fourth-order valence-corrected chi connectivity index (χ4v) is 3.68. The number of aliphatic hydroxyl groups excluding tert-OH is 1. The van der Waals surface area contributed by atoms with Gasteiger partial charge >= 0.3 is 0 Å². The highest BCUT2D eigenvalue weighted by atomic mass is 19.1. The summed E-state index contributed by atoms with van der Waals surface area (Å²) in [5.41, 5.74) is 7.60. The van der Waals surface area contributed by atoms with Crippen LogP contribution in [0.25, 0.3) is 0 Å². The highest BCUT2D eigenvalue weighted by molar-refractivity contribution is 5.28. The van der Waals surface area contributed by atoms with Gasteiger partial charge in [-0.2, -0.15) is 0 Å². The summed E-state index contributed by atoms with van der Waals surface area (Å²) >= 11 is 0. The summed E-state index contributed by atoms with van der Waals surface area (Å²) in [6.45, 7) is 6.62. The van der Waals surface area contributed by atoms with Gasteiger partial charge in [0.2, 0.25) is 0 Å². The number of hydrogen-bond donors (Lipinski definition) is 2. The topological polar surface area (TPSA) is 46.2 Å². The summed E-state index contributed by atoms with van der Waals surface area (Å²) in [6, 6.07) is 4.87. The van der Waals surface area contributed by atoms with Crippen LogP contribution in [-0.4, -0.2) is 17.8 Å². The Kier molecular flexibility index (Phi) is 4.22. The van der Waals surface area contributed by atoms with Crippen LogP contribution in [-0.2, 0) is 6.42 Å². The van der Waals surface area contributed by atoms with Crippen molar-refractivity contribution in [3.8, 4) is 0 Å². The Bertz CT molecular complexity index is 486. The van der Waals surface area contributed by atoms with Crippen LogP contribution >= 0.6 is 0 Å². The van der Waals surface area contributed by atoms with Crippen LogP contribution < -0.4 is 5.73 Å². The van der Waals surface area contributed by atoms with Crippen LogP contribution in [0, 0.1) is 23.6 Å². The normalized spacial score (nSPS) is 29.4. The van der Waals surface area contributed by atoms with Gasteiger partial charge in [0.05, 0.1) is 6.10 Å². The van der Waals surface area contributed by atoms with E-state index in [1.807, 2.05) is 6.92 Å². The molecule has 1 saturated carbocycles. The molecular formula is C17H26FNO. The van der Waals surface area contributed by atoms with Crippen molar-refractivity contribution >= 4 is 0 Å². The van der Waals surface area contributed by atoms with E-state index in [-0.39, 0.29) is 16.6 Å². The lowest BCUT2D eigenvalue weighted by Gasteiger charge is -2.49. The molecule has 1 aliphatic carbocycles. The molecule has 1 fully saturated rings. The molecule has 2 nitrogen and oxygen atoms in total. The zero-order valence-corrected chi connectivity index (χ0v) is 12.7. The van der Waals surface area contributed by atoms with Gasteiger partial charge in [-0.05, 0) is 54.9 Å². The molecule has 2 rings (SSSR count). The predicted octanol–water partition coefficient (Wildman–Crippen LogP) is 3.19. The van der Waals surface area contributed by atoms with E-state index in [1.54, 1.807) is 12.1 Å². The first kappa shape index (κ1) is 15.5. The van der Waals surface area contributed by atoms with E-state index < -0.39 is 6.10 Å². The molecule has 0 saturated heterocycles. The van der Waals surface area contributed by atoms with Gasteiger partial charge in [-0.15, -0.1) is 0 Å². The average molecular weight is 279 g/mol. The van der Waals surface area contributed by atoms with Crippen molar-refractivity contribution in [3.63, 3.8) is 0 Å². The van der Waals surface area contributed by atoms with Crippen molar-refractivity contribution in [2.45, 2.75) is 52.6 Å². The first-order valence-corrected chi connectivity index (χ1v) is 7.44. The summed E-state index contributed by atoms with van der Waals surface area (Å²) in [5, 5.41) is 10.8. The van der Waals surface area contributed by atoms with E-state index in [4.69, 9.17) is 5.73 Å². The third kappa shape index (κ3) is 2.75. The van der Waals surface area contributed by atoms with E-state index in [2.05, 4.69) is 13.8 Å². The molecule has 3 N–H and O–H groups in total. The summed E-state index contributed by atoms with van der Waals surface area (Å²) in [4.78, 5) is 0. The number of aliphatic hydroxyl groups is 1. The second-order valence-electron chi connectivity index (χ2n) is 7.06. The number of aryl methyl sites for hydroxylation is 1. The van der Waals surface area contributed by atoms with Gasteiger partial charge in [0.15, 0.2) is 0 Å². The summed E-state index contributed by atoms with van der Waals surface area (Å²) in [7, 11) is 0. The highest BCUT2D eigenvalue weighted by Crippen LogP contribution is 2.47. The lowest BCUT2D eigenvalue weighted by Crippen LogP contribution is -2.53.